The van der Waals surface area contributed by atoms with E-state index in [1.807, 2.05) is 12.1 Å². The Morgan fingerprint density at radius 1 is 1.19 bits per heavy atom. The van der Waals surface area contributed by atoms with Crippen molar-refractivity contribution in [3.8, 4) is 0 Å². The number of rotatable bonds is 2. The number of nitrogens with two attached hydrogens (primary N) is 1. The zero-order valence-electron chi connectivity index (χ0n) is 9.45. The summed E-state index contributed by atoms with van der Waals surface area (Å²) in [6, 6.07) is 7.99. The van der Waals surface area contributed by atoms with Crippen molar-refractivity contribution in [1.29, 1.82) is 0 Å². The van der Waals surface area contributed by atoms with Gasteiger partial charge in [-0.2, -0.15) is 0 Å². The van der Waals surface area contributed by atoms with Gasteiger partial charge in [-0.05, 0) is 43.4 Å². The molecule has 16 heavy (non-hydrogen) atoms. The first-order valence-electron chi connectivity index (χ1n) is 5.89. The molecule has 1 aliphatic rings. The third kappa shape index (κ3) is 3.10. The molecule has 0 aromatic heterocycles. The summed E-state index contributed by atoms with van der Waals surface area (Å²) < 4.78 is 0. The minimum Gasteiger partial charge on any atom is -0.322 e. The van der Waals surface area contributed by atoms with E-state index in [0.29, 0.717) is 0 Å². The van der Waals surface area contributed by atoms with Crippen LogP contribution < -0.4 is 5.73 Å². The molecule has 1 atom stereocenters. The highest BCUT2D eigenvalue weighted by Gasteiger charge is 2.22. The molecule has 1 unspecified atom stereocenters. The molecule has 0 heterocycles. The van der Waals surface area contributed by atoms with Crippen LogP contribution >= 0.6 is 11.6 Å². The van der Waals surface area contributed by atoms with Gasteiger partial charge in [0.15, 0.2) is 0 Å². The zero-order valence-corrected chi connectivity index (χ0v) is 10.2. The molecule has 0 bridgehead atoms. The number of halogens is 1. The van der Waals surface area contributed by atoms with Gasteiger partial charge in [-0.15, -0.1) is 0 Å². The van der Waals surface area contributed by atoms with Gasteiger partial charge in [0.25, 0.3) is 0 Å². The van der Waals surface area contributed by atoms with E-state index in [9.17, 15) is 0 Å². The van der Waals surface area contributed by atoms with Crippen LogP contribution in [0.1, 0.15) is 31.2 Å². The summed E-state index contributed by atoms with van der Waals surface area (Å²) in [4.78, 5) is 0. The van der Waals surface area contributed by atoms with Crippen LogP contribution in [0.15, 0.2) is 36.4 Å². The fourth-order valence-electron chi connectivity index (χ4n) is 2.25. The van der Waals surface area contributed by atoms with Crippen LogP contribution in [0.5, 0.6) is 0 Å². The van der Waals surface area contributed by atoms with Crippen molar-refractivity contribution < 1.29 is 0 Å². The second kappa shape index (κ2) is 5.03. The van der Waals surface area contributed by atoms with Crippen LogP contribution in [0, 0.1) is 0 Å². The van der Waals surface area contributed by atoms with Crippen molar-refractivity contribution in [2.45, 2.75) is 37.6 Å². The summed E-state index contributed by atoms with van der Waals surface area (Å²) in [6.07, 6.45) is 10.0. The number of hydrogen-bond donors (Lipinski definition) is 1. The first-order chi connectivity index (χ1) is 7.68. The lowest BCUT2D eigenvalue weighted by Gasteiger charge is -2.25. The average Bonchev–Trinajstić information content (AvgIpc) is 2.47. The van der Waals surface area contributed by atoms with Gasteiger partial charge >= 0.3 is 0 Å². The third-order valence-electron chi connectivity index (χ3n) is 3.16. The predicted octanol–water partition coefficient (Wildman–Crippen LogP) is 3.71. The van der Waals surface area contributed by atoms with Crippen LogP contribution in [0.4, 0.5) is 0 Å². The van der Waals surface area contributed by atoms with E-state index in [1.165, 1.54) is 24.8 Å². The van der Waals surface area contributed by atoms with Gasteiger partial charge in [-0.1, -0.05) is 42.3 Å². The maximum atomic E-state index is 6.41. The van der Waals surface area contributed by atoms with Gasteiger partial charge in [-0.25, -0.2) is 0 Å². The first kappa shape index (κ1) is 11.7. The lowest BCUT2D eigenvalue weighted by atomic mass is 9.88. The average molecular weight is 236 g/mol. The maximum absolute atomic E-state index is 6.41. The molecule has 2 N–H and O–H groups in total. The Balaban J connectivity index is 2.10. The van der Waals surface area contributed by atoms with Crippen LogP contribution in [-0.4, -0.2) is 5.54 Å². The molecule has 0 amide bonds. The second-order valence-corrected chi connectivity index (χ2v) is 5.12. The summed E-state index contributed by atoms with van der Waals surface area (Å²) in [7, 11) is 0. The van der Waals surface area contributed by atoms with Crippen LogP contribution in [0.3, 0.4) is 0 Å². The molecule has 2 heteroatoms. The summed E-state index contributed by atoms with van der Waals surface area (Å²) in [5, 5.41) is 0.784. The monoisotopic (exact) mass is 235 g/mol. The Morgan fingerprint density at radius 3 is 2.69 bits per heavy atom. The molecular formula is C14H18ClN. The maximum Gasteiger partial charge on any atom is 0.0406 e. The van der Waals surface area contributed by atoms with E-state index in [2.05, 4.69) is 24.3 Å². The van der Waals surface area contributed by atoms with E-state index < -0.39 is 0 Å². The van der Waals surface area contributed by atoms with Crippen molar-refractivity contribution in [3.63, 3.8) is 0 Å². The smallest absolute Gasteiger partial charge is 0.0406 e. The number of benzene rings is 1. The van der Waals surface area contributed by atoms with E-state index in [0.717, 1.165) is 17.9 Å². The van der Waals surface area contributed by atoms with E-state index in [4.69, 9.17) is 17.3 Å². The fraction of sp³-hybridized carbons (Fsp3) is 0.429. The SMILES string of the molecule is NC1(Cc2ccc(Cl)cc2)C=CCCCC1. The van der Waals surface area contributed by atoms with Gasteiger partial charge in [0, 0.05) is 10.6 Å². The minimum absolute atomic E-state index is 0.162. The molecule has 1 aliphatic carbocycles. The van der Waals surface area contributed by atoms with Gasteiger partial charge in [0.1, 0.15) is 0 Å². The van der Waals surface area contributed by atoms with Gasteiger partial charge in [-0.3, -0.25) is 0 Å². The number of hydrogen-bond acceptors (Lipinski definition) is 1. The van der Waals surface area contributed by atoms with Crippen molar-refractivity contribution in [1.82, 2.24) is 0 Å². The Labute approximate surface area is 102 Å². The fourth-order valence-corrected chi connectivity index (χ4v) is 2.37. The quantitative estimate of drug-likeness (QED) is 0.777. The highest BCUT2D eigenvalue weighted by Crippen LogP contribution is 2.24. The van der Waals surface area contributed by atoms with Crippen molar-refractivity contribution >= 4 is 11.6 Å². The normalized spacial score (nSPS) is 25.4. The summed E-state index contributed by atoms with van der Waals surface area (Å²) in [5.41, 5.74) is 7.51. The van der Waals surface area contributed by atoms with Crippen molar-refractivity contribution in [3.05, 3.63) is 47.0 Å². The molecule has 1 aromatic carbocycles. The molecule has 0 fully saturated rings. The molecule has 86 valence electrons. The summed E-state index contributed by atoms with van der Waals surface area (Å²) in [6.45, 7) is 0. The molecule has 0 saturated carbocycles. The molecule has 0 spiro atoms. The summed E-state index contributed by atoms with van der Waals surface area (Å²) in [5.74, 6) is 0. The minimum atomic E-state index is -0.162. The Morgan fingerprint density at radius 2 is 1.94 bits per heavy atom. The molecule has 0 radical (unpaired) electrons. The third-order valence-corrected chi connectivity index (χ3v) is 3.41. The molecule has 2 rings (SSSR count). The van der Waals surface area contributed by atoms with E-state index >= 15 is 0 Å². The zero-order chi connectivity index (χ0) is 11.4. The van der Waals surface area contributed by atoms with Crippen molar-refractivity contribution in [2.75, 3.05) is 0 Å². The second-order valence-electron chi connectivity index (χ2n) is 4.68. The topological polar surface area (TPSA) is 26.0 Å². The predicted molar refractivity (Wildman–Crippen MR) is 69.7 cm³/mol. The summed E-state index contributed by atoms with van der Waals surface area (Å²) >= 11 is 5.87. The Bertz CT molecular complexity index is 369. The van der Waals surface area contributed by atoms with Gasteiger partial charge in [0.05, 0.1) is 0 Å². The van der Waals surface area contributed by atoms with Gasteiger partial charge < -0.3 is 5.73 Å². The molecule has 0 saturated heterocycles. The molecular weight excluding hydrogens is 218 g/mol. The molecule has 0 aliphatic heterocycles. The lowest BCUT2D eigenvalue weighted by molar-refractivity contribution is 0.469. The van der Waals surface area contributed by atoms with Crippen LogP contribution in [0.25, 0.3) is 0 Å². The van der Waals surface area contributed by atoms with E-state index in [1.54, 1.807) is 0 Å². The van der Waals surface area contributed by atoms with Crippen molar-refractivity contribution in [2.24, 2.45) is 5.73 Å². The van der Waals surface area contributed by atoms with Crippen LogP contribution in [-0.2, 0) is 6.42 Å². The molecule has 1 aromatic rings. The number of allylic oxidation sites excluding steroid dienone is 1. The molecule has 1 nitrogen and oxygen atoms in total. The van der Waals surface area contributed by atoms with E-state index in [-0.39, 0.29) is 5.54 Å². The lowest BCUT2D eigenvalue weighted by Crippen LogP contribution is -2.39. The highest BCUT2D eigenvalue weighted by atomic mass is 35.5. The standard InChI is InChI=1S/C14H18ClN/c15-13-7-5-12(6-8-13)11-14(16)9-3-1-2-4-10-14/h3,5-9H,1-2,4,10-11,16H2. The highest BCUT2D eigenvalue weighted by molar-refractivity contribution is 6.30. The largest absolute Gasteiger partial charge is 0.322 e. The van der Waals surface area contributed by atoms with Gasteiger partial charge in [0.2, 0.25) is 0 Å². The van der Waals surface area contributed by atoms with Crippen LogP contribution in [0.2, 0.25) is 5.02 Å². The first-order valence-corrected chi connectivity index (χ1v) is 6.27. The Kier molecular flexibility index (Phi) is 3.67. The Hall–Kier alpha value is -0.790.